The van der Waals surface area contributed by atoms with Crippen LogP contribution in [0, 0.1) is 11.7 Å². The van der Waals surface area contributed by atoms with Gasteiger partial charge in [0.15, 0.2) is 5.16 Å². The molecule has 1 unspecified atom stereocenters. The van der Waals surface area contributed by atoms with Crippen molar-refractivity contribution in [3.8, 4) is 5.69 Å². The van der Waals surface area contributed by atoms with Crippen LogP contribution in [0.3, 0.4) is 0 Å². The summed E-state index contributed by atoms with van der Waals surface area (Å²) in [5.74, 6) is 0.990. The molecule has 25 heavy (non-hydrogen) atoms. The fourth-order valence-electron chi connectivity index (χ4n) is 2.92. The van der Waals surface area contributed by atoms with Gasteiger partial charge in [-0.1, -0.05) is 17.8 Å². The van der Waals surface area contributed by atoms with Gasteiger partial charge in [0.1, 0.15) is 5.82 Å². The Hall–Kier alpha value is -2.19. The van der Waals surface area contributed by atoms with Gasteiger partial charge in [0.2, 0.25) is 5.65 Å². The molecule has 1 saturated heterocycles. The summed E-state index contributed by atoms with van der Waals surface area (Å²) in [4.78, 5) is 12.6. The van der Waals surface area contributed by atoms with Gasteiger partial charge in [-0.15, -0.1) is 10.2 Å². The number of nitrogens with zero attached hydrogens (tertiary/aromatic N) is 4. The highest BCUT2D eigenvalue weighted by molar-refractivity contribution is 7.99. The van der Waals surface area contributed by atoms with E-state index in [4.69, 9.17) is 4.74 Å². The standard InChI is InChI=1S/C17H17FN4O2S/c18-13-4-1-5-14(9-13)21-6-7-22-15(16(21)23)19-20-17(22)25-11-12-3-2-8-24-10-12/h1,4-7,9,12H,2-3,8,10-11H2. The van der Waals surface area contributed by atoms with Crippen LogP contribution in [-0.2, 0) is 4.74 Å². The number of ether oxygens (including phenoxy) is 1. The molecule has 3 heterocycles. The maximum Gasteiger partial charge on any atom is 0.300 e. The number of thioether (sulfide) groups is 1. The number of rotatable bonds is 4. The molecule has 3 aromatic rings. The van der Waals surface area contributed by atoms with E-state index in [1.54, 1.807) is 40.7 Å². The van der Waals surface area contributed by atoms with Crippen molar-refractivity contribution in [3.63, 3.8) is 0 Å². The second kappa shape index (κ2) is 6.97. The summed E-state index contributed by atoms with van der Waals surface area (Å²) in [6.45, 7) is 1.62. The highest BCUT2D eigenvalue weighted by Crippen LogP contribution is 2.23. The quantitative estimate of drug-likeness (QED) is 0.669. The van der Waals surface area contributed by atoms with Crippen LogP contribution in [0.15, 0.2) is 46.6 Å². The van der Waals surface area contributed by atoms with Crippen molar-refractivity contribution in [1.82, 2.24) is 19.2 Å². The molecule has 6 nitrogen and oxygen atoms in total. The number of benzene rings is 1. The Morgan fingerprint density at radius 1 is 1.32 bits per heavy atom. The van der Waals surface area contributed by atoms with E-state index in [0.29, 0.717) is 16.8 Å². The van der Waals surface area contributed by atoms with Gasteiger partial charge < -0.3 is 4.74 Å². The number of fused-ring (bicyclic) bond motifs is 1. The largest absolute Gasteiger partial charge is 0.381 e. The van der Waals surface area contributed by atoms with E-state index in [1.807, 2.05) is 0 Å². The third-order valence-corrected chi connectivity index (χ3v) is 5.40. The lowest BCUT2D eigenvalue weighted by molar-refractivity contribution is 0.0632. The molecule has 0 radical (unpaired) electrons. The van der Waals surface area contributed by atoms with E-state index < -0.39 is 5.82 Å². The molecule has 0 bridgehead atoms. The Morgan fingerprint density at radius 3 is 3.04 bits per heavy atom. The monoisotopic (exact) mass is 360 g/mol. The fourth-order valence-corrected chi connectivity index (χ4v) is 3.96. The predicted octanol–water partition coefficient (Wildman–Crippen LogP) is 2.54. The van der Waals surface area contributed by atoms with Crippen LogP contribution in [0.2, 0.25) is 0 Å². The number of halogens is 1. The van der Waals surface area contributed by atoms with E-state index in [2.05, 4.69) is 10.2 Å². The van der Waals surface area contributed by atoms with Crippen LogP contribution in [0.5, 0.6) is 0 Å². The van der Waals surface area contributed by atoms with Gasteiger partial charge in [-0.2, -0.15) is 0 Å². The Kier molecular flexibility index (Phi) is 4.54. The number of hydrogen-bond donors (Lipinski definition) is 0. The molecule has 1 atom stereocenters. The van der Waals surface area contributed by atoms with Gasteiger partial charge in [-0.25, -0.2) is 4.39 Å². The van der Waals surface area contributed by atoms with E-state index >= 15 is 0 Å². The highest BCUT2D eigenvalue weighted by atomic mass is 32.2. The lowest BCUT2D eigenvalue weighted by atomic mass is 10.1. The molecule has 0 amide bonds. The lowest BCUT2D eigenvalue weighted by Crippen LogP contribution is -2.20. The Bertz CT molecular complexity index is 949. The van der Waals surface area contributed by atoms with Gasteiger partial charge in [0, 0.05) is 24.8 Å². The molecule has 0 saturated carbocycles. The second-order valence-electron chi connectivity index (χ2n) is 6.02. The maximum absolute atomic E-state index is 13.4. The van der Waals surface area contributed by atoms with Gasteiger partial charge in [-0.3, -0.25) is 13.8 Å². The van der Waals surface area contributed by atoms with E-state index in [9.17, 15) is 9.18 Å². The summed E-state index contributed by atoms with van der Waals surface area (Å²) in [5, 5.41) is 8.85. The molecule has 130 valence electrons. The molecule has 1 fully saturated rings. The van der Waals surface area contributed by atoms with Crippen LogP contribution in [0.4, 0.5) is 4.39 Å². The molecule has 0 aliphatic carbocycles. The topological polar surface area (TPSA) is 61.4 Å². The summed E-state index contributed by atoms with van der Waals surface area (Å²) >= 11 is 1.58. The molecule has 1 aliphatic heterocycles. The highest BCUT2D eigenvalue weighted by Gasteiger charge is 2.17. The van der Waals surface area contributed by atoms with E-state index in [1.165, 1.54) is 16.7 Å². The van der Waals surface area contributed by atoms with Gasteiger partial charge in [0.25, 0.3) is 0 Å². The van der Waals surface area contributed by atoms with Crippen molar-refractivity contribution in [2.75, 3.05) is 19.0 Å². The first kappa shape index (κ1) is 16.3. The molecular formula is C17H17FN4O2S. The maximum atomic E-state index is 13.4. The first-order chi connectivity index (χ1) is 12.2. The average Bonchev–Trinajstić information content (AvgIpc) is 3.05. The van der Waals surface area contributed by atoms with Gasteiger partial charge >= 0.3 is 5.56 Å². The normalized spacial score (nSPS) is 17.9. The van der Waals surface area contributed by atoms with Gasteiger partial charge in [0.05, 0.1) is 12.3 Å². The van der Waals surface area contributed by atoms with E-state index in [-0.39, 0.29) is 11.2 Å². The van der Waals surface area contributed by atoms with Crippen molar-refractivity contribution in [2.24, 2.45) is 5.92 Å². The predicted molar refractivity (Wildman–Crippen MR) is 92.8 cm³/mol. The average molecular weight is 360 g/mol. The summed E-state index contributed by atoms with van der Waals surface area (Å²) in [6, 6.07) is 5.90. The minimum absolute atomic E-state index is 0.231. The third kappa shape index (κ3) is 3.32. The van der Waals surface area contributed by atoms with E-state index in [0.717, 1.165) is 31.8 Å². The minimum Gasteiger partial charge on any atom is -0.381 e. The van der Waals surface area contributed by atoms with Crippen molar-refractivity contribution < 1.29 is 9.13 Å². The third-order valence-electron chi connectivity index (χ3n) is 4.23. The summed E-state index contributed by atoms with van der Waals surface area (Å²) in [5.41, 5.74) is 0.367. The zero-order valence-electron chi connectivity index (χ0n) is 13.5. The van der Waals surface area contributed by atoms with Crippen LogP contribution in [0.1, 0.15) is 12.8 Å². The molecule has 1 aromatic carbocycles. The lowest BCUT2D eigenvalue weighted by Gasteiger charge is -2.20. The van der Waals surface area contributed by atoms with Crippen LogP contribution >= 0.6 is 11.8 Å². The molecular weight excluding hydrogens is 343 g/mol. The SMILES string of the molecule is O=c1c2nnc(SCC3CCCOC3)n2ccn1-c1cccc(F)c1. The molecule has 0 N–H and O–H groups in total. The second-order valence-corrected chi connectivity index (χ2v) is 7.01. The van der Waals surface area contributed by atoms with Crippen LogP contribution in [-0.4, -0.2) is 38.1 Å². The molecule has 4 rings (SSSR count). The number of hydrogen-bond acceptors (Lipinski definition) is 5. The Balaban J connectivity index is 1.62. The van der Waals surface area contributed by atoms with Crippen LogP contribution < -0.4 is 5.56 Å². The van der Waals surface area contributed by atoms with Gasteiger partial charge in [-0.05, 0) is 37.0 Å². The molecule has 0 spiro atoms. The smallest absolute Gasteiger partial charge is 0.300 e. The Labute approximate surface area is 147 Å². The van der Waals surface area contributed by atoms with Crippen LogP contribution in [0.25, 0.3) is 11.3 Å². The van der Waals surface area contributed by atoms with Crippen molar-refractivity contribution >= 4 is 17.4 Å². The van der Waals surface area contributed by atoms with Crippen molar-refractivity contribution in [3.05, 3.63) is 52.8 Å². The molecule has 8 heteroatoms. The fraction of sp³-hybridized carbons (Fsp3) is 0.353. The number of aromatic nitrogens is 4. The zero-order chi connectivity index (χ0) is 17.2. The minimum atomic E-state index is -0.392. The van der Waals surface area contributed by atoms with Crippen molar-refractivity contribution in [2.45, 2.75) is 18.0 Å². The first-order valence-electron chi connectivity index (χ1n) is 8.15. The molecule has 1 aliphatic rings. The Morgan fingerprint density at radius 2 is 2.24 bits per heavy atom. The summed E-state index contributed by atoms with van der Waals surface area (Å²) in [7, 11) is 0. The van der Waals surface area contributed by atoms with Crippen molar-refractivity contribution in [1.29, 1.82) is 0 Å². The first-order valence-corrected chi connectivity index (χ1v) is 9.14. The summed E-state index contributed by atoms with van der Waals surface area (Å²) in [6.07, 6.45) is 5.59. The zero-order valence-corrected chi connectivity index (χ0v) is 14.3. The molecule has 2 aromatic heterocycles. The summed E-state index contributed by atoms with van der Waals surface area (Å²) < 4.78 is 22.0.